The quantitative estimate of drug-likeness (QED) is 0.644. The maximum atomic E-state index is 12.8. The molecule has 1 aliphatic rings. The minimum atomic E-state index is -4.45. The lowest BCUT2D eigenvalue weighted by atomic mass is 10.1. The van der Waals surface area contributed by atoms with Gasteiger partial charge in [0.15, 0.2) is 0 Å². The first-order valence-electron chi connectivity index (χ1n) is 7.92. The summed E-state index contributed by atoms with van der Waals surface area (Å²) in [4.78, 5) is 24.6. The summed E-state index contributed by atoms with van der Waals surface area (Å²) in [7, 11) is -2.97. The molecule has 0 radical (unpaired) electrons. The van der Waals surface area contributed by atoms with Crippen LogP contribution in [-0.2, 0) is 14.4 Å². The SMILES string of the molecule is COc1ccc(S(=O)(=O)ON2C(=O)c3ccccc3C2=O)c2ccccc12. The lowest BCUT2D eigenvalue weighted by molar-refractivity contribution is -0.0103. The highest BCUT2D eigenvalue weighted by Crippen LogP contribution is 2.33. The number of hydrogen-bond acceptors (Lipinski definition) is 6. The Morgan fingerprint density at radius 2 is 1.33 bits per heavy atom. The lowest BCUT2D eigenvalue weighted by Crippen LogP contribution is -2.32. The van der Waals surface area contributed by atoms with Crippen LogP contribution < -0.4 is 4.74 Å². The number of amides is 2. The number of hydrogen-bond donors (Lipinski definition) is 0. The summed E-state index contributed by atoms with van der Waals surface area (Å²) in [5, 5.41) is 1.19. The average molecular weight is 383 g/mol. The van der Waals surface area contributed by atoms with Gasteiger partial charge in [-0.3, -0.25) is 9.59 Å². The van der Waals surface area contributed by atoms with Crippen LogP contribution in [0.25, 0.3) is 10.8 Å². The van der Waals surface area contributed by atoms with Gasteiger partial charge in [-0.1, -0.05) is 36.4 Å². The number of fused-ring (bicyclic) bond motifs is 2. The molecule has 1 heterocycles. The molecule has 0 saturated heterocycles. The first kappa shape index (κ1) is 17.2. The van der Waals surface area contributed by atoms with Crippen molar-refractivity contribution in [1.82, 2.24) is 5.06 Å². The van der Waals surface area contributed by atoms with E-state index in [2.05, 4.69) is 0 Å². The molecule has 0 aliphatic carbocycles. The van der Waals surface area contributed by atoms with E-state index in [9.17, 15) is 18.0 Å². The molecule has 0 N–H and O–H groups in total. The summed E-state index contributed by atoms with van der Waals surface area (Å²) in [6, 6.07) is 15.6. The number of methoxy groups -OCH3 is 1. The van der Waals surface area contributed by atoms with Crippen LogP contribution in [0.4, 0.5) is 0 Å². The van der Waals surface area contributed by atoms with Gasteiger partial charge in [-0.2, -0.15) is 8.42 Å². The lowest BCUT2D eigenvalue weighted by Gasteiger charge is -2.15. The fourth-order valence-corrected chi connectivity index (χ4v) is 4.11. The van der Waals surface area contributed by atoms with Gasteiger partial charge in [0.05, 0.1) is 18.2 Å². The van der Waals surface area contributed by atoms with E-state index in [1.807, 2.05) is 0 Å². The van der Waals surface area contributed by atoms with Gasteiger partial charge in [-0.15, -0.1) is 9.35 Å². The van der Waals surface area contributed by atoms with Gasteiger partial charge < -0.3 is 4.74 Å². The number of ether oxygens (including phenoxy) is 1. The average Bonchev–Trinajstić information content (AvgIpc) is 2.92. The molecule has 27 heavy (non-hydrogen) atoms. The smallest absolute Gasteiger partial charge is 0.318 e. The Labute approximate surface area is 154 Å². The Kier molecular flexibility index (Phi) is 3.94. The Balaban J connectivity index is 1.77. The third-order valence-electron chi connectivity index (χ3n) is 4.26. The number of rotatable bonds is 4. The number of imide groups is 1. The van der Waals surface area contributed by atoms with E-state index in [0.29, 0.717) is 16.5 Å². The van der Waals surface area contributed by atoms with E-state index in [0.717, 1.165) is 0 Å². The van der Waals surface area contributed by atoms with Crippen molar-refractivity contribution >= 4 is 32.7 Å². The van der Waals surface area contributed by atoms with Gasteiger partial charge in [0, 0.05) is 10.8 Å². The zero-order valence-corrected chi connectivity index (χ0v) is 14.9. The molecule has 7 nitrogen and oxygen atoms in total. The number of hydroxylamine groups is 2. The van der Waals surface area contributed by atoms with Gasteiger partial charge in [0.1, 0.15) is 10.6 Å². The monoisotopic (exact) mass is 383 g/mol. The van der Waals surface area contributed by atoms with Crippen molar-refractivity contribution in [2.45, 2.75) is 4.90 Å². The maximum absolute atomic E-state index is 12.8. The molecule has 0 spiro atoms. The van der Waals surface area contributed by atoms with Crippen LogP contribution in [0, 0.1) is 0 Å². The topological polar surface area (TPSA) is 90.0 Å². The summed E-state index contributed by atoms with van der Waals surface area (Å²) < 4.78 is 35.9. The largest absolute Gasteiger partial charge is 0.496 e. The van der Waals surface area contributed by atoms with Crippen LogP contribution >= 0.6 is 0 Å². The van der Waals surface area contributed by atoms with Crippen LogP contribution in [0.2, 0.25) is 0 Å². The molecule has 0 unspecified atom stereocenters. The summed E-state index contributed by atoms with van der Waals surface area (Å²) in [6.45, 7) is 0. The molecule has 3 aromatic carbocycles. The predicted octanol–water partition coefficient (Wildman–Crippen LogP) is 2.76. The second kappa shape index (κ2) is 6.19. The van der Waals surface area contributed by atoms with Crippen LogP contribution in [-0.4, -0.2) is 32.4 Å². The highest BCUT2D eigenvalue weighted by Gasteiger charge is 2.40. The molecule has 0 saturated carbocycles. The number of benzene rings is 3. The normalized spacial score (nSPS) is 13.9. The molecule has 0 aromatic heterocycles. The molecule has 136 valence electrons. The van der Waals surface area contributed by atoms with Crippen LogP contribution in [0.1, 0.15) is 20.7 Å². The van der Waals surface area contributed by atoms with Crippen molar-refractivity contribution < 1.29 is 27.0 Å². The summed E-state index contributed by atoms with van der Waals surface area (Å²) in [5.41, 5.74) is 0.189. The van der Waals surface area contributed by atoms with Gasteiger partial charge in [-0.25, -0.2) is 0 Å². The Hall–Kier alpha value is -3.23. The molecular formula is C19H13NO6S. The van der Waals surface area contributed by atoms with Crippen molar-refractivity contribution in [3.63, 3.8) is 0 Å². The van der Waals surface area contributed by atoms with Gasteiger partial charge in [0.2, 0.25) is 0 Å². The molecular weight excluding hydrogens is 370 g/mol. The molecule has 0 fully saturated rings. The second-order valence-corrected chi connectivity index (χ2v) is 7.29. The minimum absolute atomic E-state index is 0.0947. The fourth-order valence-electron chi connectivity index (χ4n) is 3.01. The highest BCUT2D eigenvalue weighted by molar-refractivity contribution is 7.87. The van der Waals surface area contributed by atoms with Crippen LogP contribution in [0.3, 0.4) is 0 Å². The maximum Gasteiger partial charge on any atom is 0.318 e. The van der Waals surface area contributed by atoms with Gasteiger partial charge in [-0.05, 0) is 24.3 Å². The predicted molar refractivity (Wildman–Crippen MR) is 95.7 cm³/mol. The van der Waals surface area contributed by atoms with E-state index in [-0.39, 0.29) is 21.1 Å². The summed E-state index contributed by atoms with van der Waals surface area (Å²) in [5.74, 6) is -1.15. The van der Waals surface area contributed by atoms with E-state index in [4.69, 9.17) is 9.02 Å². The second-order valence-electron chi connectivity index (χ2n) is 5.79. The molecule has 3 aromatic rings. The zero-order valence-electron chi connectivity index (χ0n) is 14.1. The third-order valence-corrected chi connectivity index (χ3v) is 5.50. The molecule has 0 atom stereocenters. The highest BCUT2D eigenvalue weighted by atomic mass is 32.2. The summed E-state index contributed by atoms with van der Waals surface area (Å²) >= 11 is 0. The van der Waals surface area contributed by atoms with Crippen molar-refractivity contribution in [2.75, 3.05) is 7.11 Å². The van der Waals surface area contributed by atoms with Gasteiger partial charge >= 0.3 is 10.1 Å². The first-order valence-corrected chi connectivity index (χ1v) is 9.33. The van der Waals surface area contributed by atoms with Crippen molar-refractivity contribution in [2.24, 2.45) is 0 Å². The van der Waals surface area contributed by atoms with Crippen molar-refractivity contribution in [1.29, 1.82) is 0 Å². The Morgan fingerprint density at radius 1 is 0.778 bits per heavy atom. The van der Waals surface area contributed by atoms with E-state index >= 15 is 0 Å². The molecule has 4 rings (SSSR count). The Morgan fingerprint density at radius 3 is 1.93 bits per heavy atom. The molecule has 0 bridgehead atoms. The summed E-state index contributed by atoms with van der Waals surface area (Å²) in [6.07, 6.45) is 0. The van der Waals surface area contributed by atoms with Crippen molar-refractivity contribution in [3.05, 3.63) is 71.8 Å². The Bertz CT molecular complexity index is 1170. The van der Waals surface area contributed by atoms with E-state index in [1.165, 1.54) is 31.4 Å². The number of nitrogens with zero attached hydrogens (tertiary/aromatic N) is 1. The standard InChI is InChI=1S/C19H13NO6S/c1-25-16-10-11-17(13-7-3-2-6-12(13)16)27(23,24)26-20-18(21)14-8-4-5-9-15(14)19(20)22/h2-11H,1H3. The minimum Gasteiger partial charge on any atom is -0.496 e. The number of carbonyl (C=O) groups is 2. The van der Waals surface area contributed by atoms with Gasteiger partial charge in [0.25, 0.3) is 11.8 Å². The number of carbonyl (C=O) groups excluding carboxylic acids is 2. The van der Waals surface area contributed by atoms with Crippen LogP contribution in [0.15, 0.2) is 65.6 Å². The third kappa shape index (κ3) is 2.66. The molecule has 8 heteroatoms. The first-order chi connectivity index (χ1) is 12.9. The van der Waals surface area contributed by atoms with Crippen molar-refractivity contribution in [3.8, 4) is 5.75 Å². The fraction of sp³-hybridized carbons (Fsp3) is 0.0526. The molecule has 1 aliphatic heterocycles. The van der Waals surface area contributed by atoms with E-state index in [1.54, 1.807) is 36.4 Å². The van der Waals surface area contributed by atoms with E-state index < -0.39 is 21.9 Å². The molecule has 2 amide bonds. The van der Waals surface area contributed by atoms with Crippen LogP contribution in [0.5, 0.6) is 5.75 Å². The zero-order chi connectivity index (χ0) is 19.2.